The number of para-hydroxylation sites is 1. The standard InChI is InChI=1S/C15H18FN3.2ClH/c16-11-15(19-9-7-17-8-10-19)13-5-6-18-14-4-2-1-3-12(13)14;;/h1-6,15,17H,7-11H2;2*1H/t15-;;/m0../s1. The summed E-state index contributed by atoms with van der Waals surface area (Å²) in [5.41, 5.74) is 1.99. The lowest BCUT2D eigenvalue weighted by Gasteiger charge is -2.34. The van der Waals surface area contributed by atoms with Crippen molar-refractivity contribution in [1.82, 2.24) is 15.2 Å². The van der Waals surface area contributed by atoms with Crippen LogP contribution < -0.4 is 5.32 Å². The lowest BCUT2D eigenvalue weighted by atomic mass is 10.0. The molecule has 0 aliphatic carbocycles. The Kier molecular flexibility index (Phi) is 7.32. The highest BCUT2D eigenvalue weighted by Gasteiger charge is 2.23. The Bertz CT molecular complexity index is 556. The fourth-order valence-electron chi connectivity index (χ4n) is 2.78. The van der Waals surface area contributed by atoms with Gasteiger partial charge < -0.3 is 5.32 Å². The first-order valence-electron chi connectivity index (χ1n) is 6.74. The predicted octanol–water partition coefficient (Wildman–Crippen LogP) is 2.99. The second-order valence-corrected chi connectivity index (χ2v) is 4.87. The minimum Gasteiger partial charge on any atom is -0.314 e. The molecule has 6 heteroatoms. The maximum absolute atomic E-state index is 13.6. The molecule has 1 aromatic heterocycles. The van der Waals surface area contributed by atoms with Crippen LogP contribution in [0, 0.1) is 0 Å². The Morgan fingerprint density at radius 2 is 1.86 bits per heavy atom. The molecule has 3 nitrogen and oxygen atoms in total. The number of fused-ring (bicyclic) bond motifs is 1. The number of halogens is 3. The fourth-order valence-corrected chi connectivity index (χ4v) is 2.78. The van der Waals surface area contributed by atoms with Gasteiger partial charge in [0.25, 0.3) is 0 Å². The number of alkyl halides is 1. The zero-order valence-corrected chi connectivity index (χ0v) is 13.3. The third-order valence-electron chi connectivity index (χ3n) is 3.78. The van der Waals surface area contributed by atoms with Gasteiger partial charge in [0, 0.05) is 37.8 Å². The number of aromatic nitrogens is 1. The van der Waals surface area contributed by atoms with Gasteiger partial charge in [0.05, 0.1) is 11.6 Å². The van der Waals surface area contributed by atoms with E-state index in [1.807, 2.05) is 30.3 Å². The Hall–Kier alpha value is -0.940. The number of nitrogens with zero attached hydrogens (tertiary/aromatic N) is 2. The smallest absolute Gasteiger partial charge is 0.109 e. The minimum absolute atomic E-state index is 0. The average molecular weight is 332 g/mol. The van der Waals surface area contributed by atoms with Crippen molar-refractivity contribution in [2.24, 2.45) is 0 Å². The van der Waals surface area contributed by atoms with Crippen LogP contribution in [0.25, 0.3) is 10.9 Å². The molecular formula is C15H20Cl2FN3. The molecule has 1 aliphatic rings. The quantitative estimate of drug-likeness (QED) is 0.937. The normalized spacial score (nSPS) is 16.8. The van der Waals surface area contributed by atoms with Crippen LogP contribution in [0.2, 0.25) is 0 Å². The number of pyridine rings is 1. The molecule has 0 saturated carbocycles. The predicted molar refractivity (Wildman–Crippen MR) is 89.4 cm³/mol. The third-order valence-corrected chi connectivity index (χ3v) is 3.78. The Morgan fingerprint density at radius 1 is 1.14 bits per heavy atom. The highest BCUT2D eigenvalue weighted by molar-refractivity contribution is 5.85. The zero-order valence-electron chi connectivity index (χ0n) is 11.7. The summed E-state index contributed by atoms with van der Waals surface area (Å²) in [4.78, 5) is 6.57. The summed E-state index contributed by atoms with van der Waals surface area (Å²) in [6, 6.07) is 9.76. The topological polar surface area (TPSA) is 28.2 Å². The van der Waals surface area contributed by atoms with E-state index in [2.05, 4.69) is 15.2 Å². The van der Waals surface area contributed by atoms with Crippen molar-refractivity contribution in [2.75, 3.05) is 32.9 Å². The van der Waals surface area contributed by atoms with Gasteiger partial charge in [-0.1, -0.05) is 18.2 Å². The molecule has 2 heterocycles. The third kappa shape index (κ3) is 3.83. The van der Waals surface area contributed by atoms with Crippen molar-refractivity contribution >= 4 is 35.7 Å². The molecule has 116 valence electrons. The maximum Gasteiger partial charge on any atom is 0.109 e. The monoisotopic (exact) mass is 331 g/mol. The Balaban J connectivity index is 0.00000110. The van der Waals surface area contributed by atoms with Gasteiger partial charge in [-0.25, -0.2) is 4.39 Å². The molecule has 1 N–H and O–H groups in total. The molecule has 0 bridgehead atoms. The molecule has 2 aromatic rings. The van der Waals surface area contributed by atoms with Gasteiger partial charge in [0.2, 0.25) is 0 Å². The van der Waals surface area contributed by atoms with Crippen LogP contribution in [0.3, 0.4) is 0 Å². The van der Waals surface area contributed by atoms with Crippen molar-refractivity contribution in [3.63, 3.8) is 0 Å². The van der Waals surface area contributed by atoms with Gasteiger partial charge >= 0.3 is 0 Å². The Labute approximate surface area is 136 Å². The maximum atomic E-state index is 13.6. The Morgan fingerprint density at radius 3 is 2.57 bits per heavy atom. The van der Waals surface area contributed by atoms with Crippen LogP contribution in [0.4, 0.5) is 4.39 Å². The van der Waals surface area contributed by atoms with E-state index in [0.717, 1.165) is 42.6 Å². The van der Waals surface area contributed by atoms with Crippen LogP contribution in [0.5, 0.6) is 0 Å². The first-order chi connectivity index (χ1) is 9.40. The second kappa shape index (κ2) is 8.49. The lowest BCUT2D eigenvalue weighted by molar-refractivity contribution is 0.148. The minimum atomic E-state index is -0.353. The summed E-state index contributed by atoms with van der Waals surface area (Å²) in [6.07, 6.45) is 1.78. The molecule has 1 aromatic carbocycles. The highest BCUT2D eigenvalue weighted by Crippen LogP contribution is 2.27. The van der Waals surface area contributed by atoms with E-state index in [1.165, 1.54) is 0 Å². The summed E-state index contributed by atoms with van der Waals surface area (Å²) in [6.45, 7) is 3.30. The summed E-state index contributed by atoms with van der Waals surface area (Å²) >= 11 is 0. The molecule has 0 amide bonds. The average Bonchev–Trinajstić information content (AvgIpc) is 2.49. The van der Waals surface area contributed by atoms with Crippen LogP contribution in [-0.4, -0.2) is 42.7 Å². The van der Waals surface area contributed by atoms with Gasteiger partial charge in [-0.3, -0.25) is 9.88 Å². The number of rotatable bonds is 3. The number of hydrogen-bond acceptors (Lipinski definition) is 3. The van der Waals surface area contributed by atoms with Crippen molar-refractivity contribution in [1.29, 1.82) is 0 Å². The van der Waals surface area contributed by atoms with E-state index in [0.29, 0.717) is 0 Å². The molecule has 1 atom stereocenters. The number of hydrogen-bond donors (Lipinski definition) is 1. The van der Waals surface area contributed by atoms with Crippen LogP contribution in [0.1, 0.15) is 11.6 Å². The van der Waals surface area contributed by atoms with Crippen molar-refractivity contribution in [3.05, 3.63) is 42.1 Å². The number of nitrogens with one attached hydrogen (secondary N) is 1. The molecule has 21 heavy (non-hydrogen) atoms. The summed E-state index contributed by atoms with van der Waals surface area (Å²) in [7, 11) is 0. The highest BCUT2D eigenvalue weighted by atomic mass is 35.5. The van der Waals surface area contributed by atoms with E-state index in [9.17, 15) is 4.39 Å². The second-order valence-electron chi connectivity index (χ2n) is 4.87. The number of benzene rings is 1. The van der Waals surface area contributed by atoms with Crippen molar-refractivity contribution < 1.29 is 4.39 Å². The SMILES string of the molecule is Cl.Cl.FC[C@@H](c1ccnc2ccccc12)N1CCNCC1. The molecule has 1 saturated heterocycles. The molecule has 0 radical (unpaired) electrons. The van der Waals surface area contributed by atoms with Crippen LogP contribution >= 0.6 is 24.8 Å². The molecule has 3 rings (SSSR count). The van der Waals surface area contributed by atoms with E-state index < -0.39 is 0 Å². The van der Waals surface area contributed by atoms with E-state index >= 15 is 0 Å². The van der Waals surface area contributed by atoms with E-state index in [1.54, 1.807) is 6.20 Å². The van der Waals surface area contributed by atoms with Crippen molar-refractivity contribution in [3.8, 4) is 0 Å². The van der Waals surface area contributed by atoms with E-state index in [-0.39, 0.29) is 37.5 Å². The molecular weight excluding hydrogens is 312 g/mol. The molecule has 1 fully saturated rings. The number of piperazine rings is 1. The lowest BCUT2D eigenvalue weighted by Crippen LogP contribution is -2.45. The van der Waals surface area contributed by atoms with Gasteiger partial charge in [0.1, 0.15) is 6.67 Å². The van der Waals surface area contributed by atoms with Crippen LogP contribution in [-0.2, 0) is 0 Å². The van der Waals surface area contributed by atoms with E-state index in [4.69, 9.17) is 0 Å². The first-order valence-corrected chi connectivity index (χ1v) is 6.74. The summed E-state index contributed by atoms with van der Waals surface area (Å²) in [5, 5.41) is 4.37. The van der Waals surface area contributed by atoms with Gasteiger partial charge in [-0.15, -0.1) is 24.8 Å². The molecule has 0 unspecified atom stereocenters. The summed E-state index contributed by atoms with van der Waals surface area (Å²) < 4.78 is 13.6. The van der Waals surface area contributed by atoms with Crippen LogP contribution in [0.15, 0.2) is 36.5 Å². The molecule has 0 spiro atoms. The largest absolute Gasteiger partial charge is 0.314 e. The molecule has 1 aliphatic heterocycles. The van der Waals surface area contributed by atoms with Gasteiger partial charge in [-0.05, 0) is 17.7 Å². The van der Waals surface area contributed by atoms with Crippen molar-refractivity contribution in [2.45, 2.75) is 6.04 Å². The summed E-state index contributed by atoms with van der Waals surface area (Å²) in [5.74, 6) is 0. The first kappa shape index (κ1) is 18.1. The van der Waals surface area contributed by atoms with Gasteiger partial charge in [-0.2, -0.15) is 0 Å². The zero-order chi connectivity index (χ0) is 13.1. The van der Waals surface area contributed by atoms with Gasteiger partial charge in [0.15, 0.2) is 0 Å². The fraction of sp³-hybridized carbons (Fsp3) is 0.400.